The molecule has 1 aliphatic rings. The highest BCUT2D eigenvalue weighted by Gasteiger charge is 2.24. The smallest absolute Gasteiger partial charge is 0.159 e. The lowest BCUT2D eigenvalue weighted by atomic mass is 10.0. The number of fused-ring (bicyclic) bond motifs is 3. The normalized spacial score (nSPS) is 13.1. The Kier molecular flexibility index (Phi) is 5.11. The van der Waals surface area contributed by atoms with Crippen molar-refractivity contribution in [2.24, 2.45) is 4.99 Å². The second-order valence-electron chi connectivity index (χ2n) is 6.30. The maximum absolute atomic E-state index is 10.1. The molecule has 3 heterocycles. The number of hydrogen-bond acceptors (Lipinski definition) is 6. The molecule has 8 heteroatoms. The third-order valence-corrected chi connectivity index (χ3v) is 4.84. The molecule has 0 bridgehead atoms. The number of nitrogens with zero attached hydrogens (tertiary/aromatic N) is 6. The molecule has 2 aromatic heterocycles. The zero-order valence-corrected chi connectivity index (χ0v) is 16.5. The van der Waals surface area contributed by atoms with Crippen LogP contribution in [0.2, 0.25) is 0 Å². The van der Waals surface area contributed by atoms with Gasteiger partial charge < -0.3 is 5.21 Å². The minimum atomic E-state index is 0.301. The zero-order valence-electron chi connectivity index (χ0n) is 14.9. The van der Waals surface area contributed by atoms with E-state index in [1.807, 2.05) is 47.9 Å². The van der Waals surface area contributed by atoms with Crippen LogP contribution in [0.1, 0.15) is 36.3 Å². The Morgan fingerprint density at radius 3 is 2.89 bits per heavy atom. The maximum Gasteiger partial charge on any atom is 0.159 e. The Morgan fingerprint density at radius 2 is 2.11 bits per heavy atom. The van der Waals surface area contributed by atoms with E-state index in [4.69, 9.17) is 4.99 Å². The van der Waals surface area contributed by atoms with E-state index >= 15 is 0 Å². The molecular formula is C19H19BrN6O. The van der Waals surface area contributed by atoms with E-state index in [1.54, 1.807) is 6.20 Å². The van der Waals surface area contributed by atoms with Crippen molar-refractivity contribution in [3.05, 3.63) is 70.0 Å². The van der Waals surface area contributed by atoms with Crippen molar-refractivity contribution in [1.29, 1.82) is 0 Å². The van der Waals surface area contributed by atoms with Crippen LogP contribution in [0.15, 0.2) is 52.1 Å². The molecule has 1 aliphatic heterocycles. The quantitative estimate of drug-likeness (QED) is 0.632. The molecule has 4 rings (SSSR count). The molecule has 7 nitrogen and oxygen atoms in total. The highest BCUT2D eigenvalue weighted by atomic mass is 79.9. The molecular weight excluding hydrogens is 408 g/mol. The molecule has 3 aromatic rings. The van der Waals surface area contributed by atoms with E-state index in [1.165, 1.54) is 5.06 Å². The first-order valence-electron chi connectivity index (χ1n) is 8.80. The summed E-state index contributed by atoms with van der Waals surface area (Å²) >= 11 is 3.56. The summed E-state index contributed by atoms with van der Waals surface area (Å²) in [5.41, 5.74) is 3.51. The van der Waals surface area contributed by atoms with E-state index in [9.17, 15) is 5.21 Å². The zero-order chi connectivity index (χ0) is 18.8. The minimum absolute atomic E-state index is 0.301. The molecule has 1 N–H and O–H groups in total. The van der Waals surface area contributed by atoms with Gasteiger partial charge in [-0.3, -0.25) is 14.5 Å². The third-order valence-electron chi connectivity index (χ3n) is 4.34. The van der Waals surface area contributed by atoms with Crippen LogP contribution in [0.4, 0.5) is 0 Å². The largest absolute Gasteiger partial charge is 0.314 e. The fourth-order valence-electron chi connectivity index (χ4n) is 3.19. The SMILES string of the molecule is CCCN(O)Cc1nnc2n1-c1ccc(Br)cc1C(c1ccccn1)=NC2. The van der Waals surface area contributed by atoms with Crippen molar-refractivity contribution < 1.29 is 5.21 Å². The van der Waals surface area contributed by atoms with Crippen LogP contribution >= 0.6 is 15.9 Å². The summed E-state index contributed by atoms with van der Waals surface area (Å²) in [6.45, 7) is 3.29. The third kappa shape index (κ3) is 3.55. The van der Waals surface area contributed by atoms with Gasteiger partial charge in [0.15, 0.2) is 11.6 Å². The van der Waals surface area contributed by atoms with Gasteiger partial charge in [0.2, 0.25) is 0 Å². The van der Waals surface area contributed by atoms with Crippen molar-refractivity contribution in [2.75, 3.05) is 6.54 Å². The lowest BCUT2D eigenvalue weighted by molar-refractivity contribution is -0.101. The van der Waals surface area contributed by atoms with Gasteiger partial charge in [0.25, 0.3) is 0 Å². The molecule has 27 heavy (non-hydrogen) atoms. The molecule has 0 spiro atoms. The van der Waals surface area contributed by atoms with Crippen molar-refractivity contribution in [2.45, 2.75) is 26.4 Å². The summed E-state index contributed by atoms with van der Waals surface area (Å²) in [6.07, 6.45) is 2.62. The molecule has 0 saturated carbocycles. The van der Waals surface area contributed by atoms with Gasteiger partial charge in [-0.15, -0.1) is 10.2 Å². The number of hydroxylamine groups is 2. The van der Waals surface area contributed by atoms with Gasteiger partial charge in [0, 0.05) is 22.8 Å². The van der Waals surface area contributed by atoms with Crippen LogP contribution in [0.3, 0.4) is 0 Å². The second kappa shape index (κ2) is 7.67. The van der Waals surface area contributed by atoms with E-state index in [0.29, 0.717) is 25.5 Å². The highest BCUT2D eigenvalue weighted by Crippen LogP contribution is 2.28. The topological polar surface area (TPSA) is 79.4 Å². The number of pyridine rings is 1. The summed E-state index contributed by atoms with van der Waals surface area (Å²) in [5.74, 6) is 1.42. The van der Waals surface area contributed by atoms with Crippen LogP contribution in [0.5, 0.6) is 0 Å². The first-order chi connectivity index (χ1) is 13.2. The summed E-state index contributed by atoms with van der Waals surface area (Å²) in [6, 6.07) is 11.8. The molecule has 0 radical (unpaired) electrons. The summed E-state index contributed by atoms with van der Waals surface area (Å²) in [5, 5.41) is 20.0. The first-order valence-corrected chi connectivity index (χ1v) is 9.60. The van der Waals surface area contributed by atoms with Crippen LogP contribution in [-0.2, 0) is 13.1 Å². The molecule has 138 valence electrons. The minimum Gasteiger partial charge on any atom is -0.314 e. The fourth-order valence-corrected chi connectivity index (χ4v) is 3.55. The Hall–Kier alpha value is -2.42. The Bertz CT molecular complexity index is 985. The molecule has 1 aromatic carbocycles. The standard InChI is InChI=1S/C19H19BrN6O/c1-2-9-25(27)12-18-24-23-17-11-22-19(15-5-3-4-8-21-15)14-10-13(20)6-7-16(14)26(17)18/h3-8,10,27H,2,9,11-12H2,1H3. The van der Waals surface area contributed by atoms with E-state index < -0.39 is 0 Å². The van der Waals surface area contributed by atoms with Crippen molar-refractivity contribution in [3.63, 3.8) is 0 Å². The lowest BCUT2D eigenvalue weighted by Gasteiger charge is -2.16. The number of benzene rings is 1. The molecule has 0 fully saturated rings. The van der Waals surface area contributed by atoms with Crippen molar-refractivity contribution in [3.8, 4) is 5.69 Å². The average molecular weight is 427 g/mol. The van der Waals surface area contributed by atoms with Gasteiger partial charge in [-0.1, -0.05) is 28.9 Å². The van der Waals surface area contributed by atoms with Crippen molar-refractivity contribution in [1.82, 2.24) is 24.8 Å². The highest BCUT2D eigenvalue weighted by molar-refractivity contribution is 9.10. The molecule has 0 aliphatic carbocycles. The van der Waals surface area contributed by atoms with Crippen LogP contribution in [-0.4, -0.2) is 42.3 Å². The fraction of sp³-hybridized carbons (Fsp3) is 0.263. The van der Waals surface area contributed by atoms with E-state index in [0.717, 1.165) is 39.4 Å². The van der Waals surface area contributed by atoms with Gasteiger partial charge in [-0.05, 0) is 36.8 Å². The molecule has 0 unspecified atom stereocenters. The predicted octanol–water partition coefficient (Wildman–Crippen LogP) is 3.38. The number of halogens is 1. The second-order valence-corrected chi connectivity index (χ2v) is 7.21. The van der Waals surface area contributed by atoms with Gasteiger partial charge in [0.05, 0.1) is 23.6 Å². The van der Waals surface area contributed by atoms with Crippen LogP contribution in [0, 0.1) is 0 Å². The van der Waals surface area contributed by atoms with Gasteiger partial charge in [0.1, 0.15) is 6.54 Å². The van der Waals surface area contributed by atoms with Gasteiger partial charge >= 0.3 is 0 Å². The van der Waals surface area contributed by atoms with Crippen LogP contribution in [0.25, 0.3) is 5.69 Å². The number of aliphatic imine (C=N–C) groups is 1. The molecule has 0 amide bonds. The number of hydrogen-bond donors (Lipinski definition) is 1. The molecule has 0 saturated heterocycles. The monoisotopic (exact) mass is 426 g/mol. The lowest BCUT2D eigenvalue weighted by Crippen LogP contribution is -2.22. The number of aromatic nitrogens is 4. The summed E-state index contributed by atoms with van der Waals surface area (Å²) < 4.78 is 2.94. The summed E-state index contributed by atoms with van der Waals surface area (Å²) in [7, 11) is 0. The number of rotatable bonds is 5. The summed E-state index contributed by atoms with van der Waals surface area (Å²) in [4.78, 5) is 9.26. The van der Waals surface area contributed by atoms with E-state index in [-0.39, 0.29) is 0 Å². The average Bonchev–Trinajstić information content (AvgIpc) is 2.98. The Balaban J connectivity index is 1.85. The first kappa shape index (κ1) is 18.0. The van der Waals surface area contributed by atoms with E-state index in [2.05, 4.69) is 31.1 Å². The van der Waals surface area contributed by atoms with Crippen molar-refractivity contribution >= 4 is 21.6 Å². The van der Waals surface area contributed by atoms with Crippen LogP contribution < -0.4 is 0 Å². The molecule has 0 atom stereocenters. The van der Waals surface area contributed by atoms with Gasteiger partial charge in [-0.2, -0.15) is 5.06 Å². The Morgan fingerprint density at radius 1 is 1.22 bits per heavy atom. The van der Waals surface area contributed by atoms with Gasteiger partial charge in [-0.25, -0.2) is 0 Å². The maximum atomic E-state index is 10.1. The predicted molar refractivity (Wildman–Crippen MR) is 105 cm³/mol. The Labute approximate surface area is 165 Å².